The number of ether oxygens (including phenoxy) is 1. The number of hydrogen-bond donors (Lipinski definition) is 0. The van der Waals surface area contributed by atoms with Gasteiger partial charge in [-0.3, -0.25) is 0 Å². The minimum absolute atomic E-state index is 0.498. The highest BCUT2D eigenvalue weighted by atomic mass is 79.9. The first kappa shape index (κ1) is 20.1. The lowest BCUT2D eigenvalue weighted by molar-refractivity contribution is 0.205. The summed E-state index contributed by atoms with van der Waals surface area (Å²) < 4.78 is 6.34. The summed E-state index contributed by atoms with van der Waals surface area (Å²) in [5, 5.41) is 0. The standard InChI is InChI=1S/C21H29BrN4O/c1-6-26(19-8-7-16(14(2)3)13-18(19)22)21-23-15(4)17-9-10-25(11-12-27-5)20(17)24-21/h7-8,13-14H,6,9-12H2,1-5H3. The van der Waals surface area contributed by atoms with Crippen LogP contribution in [0.5, 0.6) is 0 Å². The van der Waals surface area contributed by atoms with Gasteiger partial charge in [0.25, 0.3) is 0 Å². The number of anilines is 3. The van der Waals surface area contributed by atoms with Gasteiger partial charge in [0.1, 0.15) is 5.82 Å². The molecule has 2 heterocycles. The van der Waals surface area contributed by atoms with Crippen LogP contribution in [0.4, 0.5) is 17.5 Å². The summed E-state index contributed by atoms with van der Waals surface area (Å²) in [6.07, 6.45) is 1.00. The van der Waals surface area contributed by atoms with Gasteiger partial charge < -0.3 is 14.5 Å². The Hall–Kier alpha value is -1.66. The Morgan fingerprint density at radius 3 is 2.70 bits per heavy atom. The van der Waals surface area contributed by atoms with Crippen molar-refractivity contribution < 1.29 is 4.74 Å². The van der Waals surface area contributed by atoms with Gasteiger partial charge >= 0.3 is 0 Å². The fourth-order valence-electron chi connectivity index (χ4n) is 3.53. The smallest absolute Gasteiger partial charge is 0.232 e. The molecular weight excluding hydrogens is 404 g/mol. The van der Waals surface area contributed by atoms with Crippen molar-refractivity contribution in [1.29, 1.82) is 0 Å². The first-order chi connectivity index (χ1) is 13.0. The van der Waals surface area contributed by atoms with Crippen LogP contribution in [0.25, 0.3) is 0 Å². The molecule has 0 bridgehead atoms. The van der Waals surface area contributed by atoms with Crippen LogP contribution in [0.15, 0.2) is 22.7 Å². The van der Waals surface area contributed by atoms with Crippen LogP contribution >= 0.6 is 15.9 Å². The van der Waals surface area contributed by atoms with Crippen molar-refractivity contribution in [2.75, 3.05) is 43.2 Å². The van der Waals surface area contributed by atoms with Crippen molar-refractivity contribution in [2.45, 2.75) is 40.0 Å². The first-order valence-corrected chi connectivity index (χ1v) is 10.4. The minimum atomic E-state index is 0.498. The summed E-state index contributed by atoms with van der Waals surface area (Å²) in [7, 11) is 1.74. The van der Waals surface area contributed by atoms with E-state index < -0.39 is 0 Å². The fraction of sp³-hybridized carbons (Fsp3) is 0.524. The van der Waals surface area contributed by atoms with Gasteiger partial charge in [-0.15, -0.1) is 0 Å². The average molecular weight is 433 g/mol. The van der Waals surface area contributed by atoms with E-state index in [4.69, 9.17) is 14.7 Å². The Morgan fingerprint density at radius 1 is 1.30 bits per heavy atom. The van der Waals surface area contributed by atoms with E-state index in [1.807, 2.05) is 0 Å². The van der Waals surface area contributed by atoms with Gasteiger partial charge in [-0.2, -0.15) is 4.98 Å². The predicted molar refractivity (Wildman–Crippen MR) is 115 cm³/mol. The molecule has 146 valence electrons. The third-order valence-electron chi connectivity index (χ3n) is 5.16. The molecule has 0 aliphatic carbocycles. The van der Waals surface area contributed by atoms with E-state index in [-0.39, 0.29) is 0 Å². The van der Waals surface area contributed by atoms with Gasteiger partial charge in [0.05, 0.1) is 12.3 Å². The van der Waals surface area contributed by atoms with E-state index in [2.05, 4.69) is 71.6 Å². The Bertz CT molecular complexity index is 809. The minimum Gasteiger partial charge on any atom is -0.383 e. The van der Waals surface area contributed by atoms with E-state index in [9.17, 15) is 0 Å². The van der Waals surface area contributed by atoms with Crippen molar-refractivity contribution in [3.05, 3.63) is 39.5 Å². The highest BCUT2D eigenvalue weighted by molar-refractivity contribution is 9.10. The molecule has 0 saturated carbocycles. The average Bonchev–Trinajstić information content (AvgIpc) is 3.05. The number of aryl methyl sites for hydroxylation is 1. The number of aromatic nitrogens is 2. The Balaban J connectivity index is 1.98. The SMILES string of the molecule is CCN(c1nc(C)c2c(n1)N(CCOC)CC2)c1ccc(C(C)C)cc1Br. The second-order valence-corrected chi connectivity index (χ2v) is 8.11. The molecule has 5 nitrogen and oxygen atoms in total. The number of rotatable bonds is 7. The molecule has 1 aliphatic rings. The Morgan fingerprint density at radius 2 is 2.07 bits per heavy atom. The monoisotopic (exact) mass is 432 g/mol. The van der Waals surface area contributed by atoms with Crippen LogP contribution in [0.1, 0.15) is 43.5 Å². The largest absolute Gasteiger partial charge is 0.383 e. The molecule has 6 heteroatoms. The molecule has 1 aromatic heterocycles. The van der Waals surface area contributed by atoms with Crippen LogP contribution in [-0.4, -0.2) is 43.3 Å². The van der Waals surface area contributed by atoms with Crippen LogP contribution in [0.3, 0.4) is 0 Å². The molecule has 0 N–H and O–H groups in total. The van der Waals surface area contributed by atoms with Crippen LogP contribution in [-0.2, 0) is 11.2 Å². The first-order valence-electron chi connectivity index (χ1n) is 9.64. The Labute approximate surface area is 170 Å². The molecule has 2 aromatic rings. The zero-order valence-electron chi connectivity index (χ0n) is 16.9. The van der Waals surface area contributed by atoms with Gasteiger partial charge in [0.15, 0.2) is 0 Å². The second-order valence-electron chi connectivity index (χ2n) is 7.25. The van der Waals surface area contributed by atoms with Crippen molar-refractivity contribution in [1.82, 2.24) is 9.97 Å². The number of methoxy groups -OCH3 is 1. The van der Waals surface area contributed by atoms with Gasteiger partial charge in [0.2, 0.25) is 5.95 Å². The van der Waals surface area contributed by atoms with Crippen molar-refractivity contribution in [2.24, 2.45) is 0 Å². The second kappa shape index (κ2) is 8.57. The summed E-state index contributed by atoms with van der Waals surface area (Å²) in [5.41, 5.74) is 4.75. The fourth-order valence-corrected chi connectivity index (χ4v) is 4.14. The number of benzene rings is 1. The van der Waals surface area contributed by atoms with Crippen LogP contribution in [0.2, 0.25) is 0 Å². The molecule has 0 saturated heterocycles. The molecule has 27 heavy (non-hydrogen) atoms. The lowest BCUT2D eigenvalue weighted by Gasteiger charge is -2.25. The van der Waals surface area contributed by atoms with E-state index >= 15 is 0 Å². The lowest BCUT2D eigenvalue weighted by Crippen LogP contribution is -2.27. The van der Waals surface area contributed by atoms with E-state index in [1.54, 1.807) is 7.11 Å². The van der Waals surface area contributed by atoms with Gasteiger partial charge in [0, 0.05) is 42.5 Å². The molecule has 1 aliphatic heterocycles. The third kappa shape index (κ3) is 4.11. The van der Waals surface area contributed by atoms with Crippen LogP contribution in [0, 0.1) is 6.92 Å². The summed E-state index contributed by atoms with van der Waals surface area (Å²) >= 11 is 3.76. The molecule has 1 aromatic carbocycles. The maximum atomic E-state index is 5.26. The maximum absolute atomic E-state index is 5.26. The number of halogens is 1. The molecule has 0 atom stereocenters. The lowest BCUT2D eigenvalue weighted by atomic mass is 10.0. The Kier molecular flexibility index (Phi) is 6.37. The zero-order chi connectivity index (χ0) is 19.6. The molecule has 0 spiro atoms. The molecule has 0 amide bonds. The van der Waals surface area contributed by atoms with Gasteiger partial charge in [-0.25, -0.2) is 4.98 Å². The summed E-state index contributed by atoms with van der Waals surface area (Å²) in [6.45, 7) is 12.0. The van der Waals surface area contributed by atoms with Gasteiger partial charge in [-0.1, -0.05) is 19.9 Å². The third-order valence-corrected chi connectivity index (χ3v) is 5.80. The van der Waals surface area contributed by atoms with Crippen molar-refractivity contribution in [3.63, 3.8) is 0 Å². The maximum Gasteiger partial charge on any atom is 0.232 e. The highest BCUT2D eigenvalue weighted by Gasteiger charge is 2.26. The quantitative estimate of drug-likeness (QED) is 0.625. The normalized spacial score (nSPS) is 13.4. The summed E-state index contributed by atoms with van der Waals surface area (Å²) in [5.74, 6) is 2.32. The van der Waals surface area contributed by atoms with E-state index in [1.165, 1.54) is 11.1 Å². The summed E-state index contributed by atoms with van der Waals surface area (Å²) in [4.78, 5) is 14.3. The van der Waals surface area contributed by atoms with Crippen molar-refractivity contribution in [3.8, 4) is 0 Å². The van der Waals surface area contributed by atoms with E-state index in [0.717, 1.165) is 53.7 Å². The van der Waals surface area contributed by atoms with Crippen molar-refractivity contribution >= 4 is 33.4 Å². The summed E-state index contributed by atoms with van der Waals surface area (Å²) in [6, 6.07) is 6.56. The highest BCUT2D eigenvalue weighted by Crippen LogP contribution is 2.35. The molecular formula is C21H29BrN4O. The molecule has 0 fully saturated rings. The predicted octanol–water partition coefficient (Wildman–Crippen LogP) is 4.84. The molecule has 0 unspecified atom stereocenters. The van der Waals surface area contributed by atoms with Crippen LogP contribution < -0.4 is 9.80 Å². The molecule has 0 radical (unpaired) electrons. The van der Waals surface area contributed by atoms with E-state index in [0.29, 0.717) is 12.5 Å². The number of hydrogen-bond acceptors (Lipinski definition) is 5. The van der Waals surface area contributed by atoms with Gasteiger partial charge in [-0.05, 0) is 59.8 Å². The topological polar surface area (TPSA) is 41.5 Å². The zero-order valence-corrected chi connectivity index (χ0v) is 18.5. The number of fused-ring (bicyclic) bond motifs is 1. The number of nitrogens with zero attached hydrogens (tertiary/aromatic N) is 4. The molecule has 3 rings (SSSR count).